The first-order valence-corrected chi connectivity index (χ1v) is 11.9. The summed E-state index contributed by atoms with van der Waals surface area (Å²) in [5.41, 5.74) is 0.788. The average molecular weight is 491 g/mol. The Hall–Kier alpha value is -2.75. The first-order chi connectivity index (χ1) is 16.4. The zero-order valence-electron chi connectivity index (χ0n) is 18.8. The Kier molecular flexibility index (Phi) is 7.35. The lowest BCUT2D eigenvalue weighted by molar-refractivity contribution is 0.288. The molecule has 2 aromatic carbocycles. The van der Waals surface area contributed by atoms with E-state index in [0.717, 1.165) is 0 Å². The van der Waals surface area contributed by atoms with Crippen LogP contribution in [0.15, 0.2) is 46.2 Å². The lowest BCUT2D eigenvalue weighted by Crippen LogP contribution is -2.34. The number of methoxy groups -OCH3 is 1. The smallest absolute Gasteiger partial charge is 0.260 e. The summed E-state index contributed by atoms with van der Waals surface area (Å²) < 4.78 is 51.0. The molecule has 4 rings (SSSR count). The molecule has 3 aromatic rings. The molecule has 180 valence electrons. The van der Waals surface area contributed by atoms with Gasteiger partial charge in [0.1, 0.15) is 11.6 Å². The maximum Gasteiger partial charge on any atom is 0.260 e. The van der Waals surface area contributed by atoms with Crippen LogP contribution in [-0.2, 0) is 6.42 Å². The van der Waals surface area contributed by atoms with Crippen LogP contribution in [0, 0.1) is 24.4 Å². The molecule has 1 atom stereocenters. The van der Waals surface area contributed by atoms with Crippen molar-refractivity contribution >= 4 is 11.8 Å². The summed E-state index contributed by atoms with van der Waals surface area (Å²) in [5.74, 6) is -1.47. The molecule has 2 heterocycles. The summed E-state index contributed by atoms with van der Waals surface area (Å²) in [6, 6.07) is 7.99. The summed E-state index contributed by atoms with van der Waals surface area (Å²) in [7, 11) is 1.34. The Labute approximate surface area is 199 Å². The number of hydrogen-bond donors (Lipinski definition) is 2. The molecule has 2 N–H and O–H groups in total. The van der Waals surface area contributed by atoms with Crippen molar-refractivity contribution in [3.05, 3.63) is 80.9 Å². The van der Waals surface area contributed by atoms with Gasteiger partial charge in [0, 0.05) is 36.4 Å². The summed E-state index contributed by atoms with van der Waals surface area (Å²) in [4.78, 5) is 13.7. The van der Waals surface area contributed by atoms with E-state index in [1.54, 1.807) is 17.6 Å². The van der Waals surface area contributed by atoms with E-state index in [2.05, 4.69) is 5.32 Å². The number of aliphatic hydroxyl groups excluding tert-OH is 1. The van der Waals surface area contributed by atoms with Crippen LogP contribution in [0.5, 0.6) is 5.75 Å². The van der Waals surface area contributed by atoms with Gasteiger partial charge in [-0.25, -0.2) is 13.2 Å². The number of fused-ring (bicyclic) bond motifs is 1. The second-order valence-electron chi connectivity index (χ2n) is 8.05. The van der Waals surface area contributed by atoms with E-state index in [9.17, 15) is 13.6 Å². The van der Waals surface area contributed by atoms with E-state index in [0.29, 0.717) is 35.0 Å². The Morgan fingerprint density at radius 1 is 1.15 bits per heavy atom. The van der Waals surface area contributed by atoms with E-state index < -0.39 is 17.5 Å². The predicted molar refractivity (Wildman–Crippen MR) is 126 cm³/mol. The Morgan fingerprint density at radius 2 is 1.85 bits per heavy atom. The predicted octanol–water partition coefficient (Wildman–Crippen LogP) is 4.07. The van der Waals surface area contributed by atoms with Crippen LogP contribution in [0.4, 0.5) is 13.2 Å². The van der Waals surface area contributed by atoms with Gasteiger partial charge < -0.3 is 15.2 Å². The van der Waals surface area contributed by atoms with Gasteiger partial charge in [0.05, 0.1) is 30.3 Å². The lowest BCUT2D eigenvalue weighted by Gasteiger charge is -2.21. The molecule has 5 nitrogen and oxygen atoms in total. The molecule has 9 heteroatoms. The van der Waals surface area contributed by atoms with Crippen molar-refractivity contribution in [1.29, 1.82) is 0 Å². The minimum Gasteiger partial charge on any atom is -0.494 e. The highest BCUT2D eigenvalue weighted by Gasteiger charge is 2.32. The lowest BCUT2D eigenvalue weighted by atomic mass is 9.94. The number of aromatic nitrogens is 1. The van der Waals surface area contributed by atoms with Crippen LogP contribution in [-0.4, -0.2) is 42.2 Å². The molecule has 0 saturated heterocycles. The molecule has 1 aliphatic heterocycles. The summed E-state index contributed by atoms with van der Waals surface area (Å²) in [6.07, 6.45) is -0.0810. The SMILES string of the molecule is COc1cccc(-c2c(C)c(Cc3c(F)cccc3F)c3n(c2=O)C(CNCCO)CS3)c1F. The fourth-order valence-corrected chi connectivity index (χ4v) is 5.72. The molecular formula is C25H25F3N2O3S. The van der Waals surface area contributed by atoms with Gasteiger partial charge in [-0.05, 0) is 36.2 Å². The van der Waals surface area contributed by atoms with Gasteiger partial charge in [0.25, 0.3) is 5.56 Å². The van der Waals surface area contributed by atoms with Crippen LogP contribution >= 0.6 is 11.8 Å². The number of pyridine rings is 1. The summed E-state index contributed by atoms with van der Waals surface area (Å²) >= 11 is 1.43. The minimum atomic E-state index is -0.678. The maximum atomic E-state index is 15.3. The van der Waals surface area contributed by atoms with Crippen molar-refractivity contribution in [3.8, 4) is 16.9 Å². The molecule has 0 aliphatic carbocycles. The van der Waals surface area contributed by atoms with Crippen molar-refractivity contribution in [2.75, 3.05) is 32.6 Å². The maximum absolute atomic E-state index is 15.3. The van der Waals surface area contributed by atoms with Gasteiger partial charge in [-0.15, -0.1) is 11.8 Å². The number of hydrogen-bond acceptors (Lipinski definition) is 5. The second kappa shape index (κ2) is 10.2. The zero-order chi connectivity index (χ0) is 24.4. The van der Waals surface area contributed by atoms with Crippen molar-refractivity contribution in [3.63, 3.8) is 0 Å². The molecule has 34 heavy (non-hydrogen) atoms. The van der Waals surface area contributed by atoms with Crippen LogP contribution in [0.3, 0.4) is 0 Å². The molecule has 0 fully saturated rings. The Bertz CT molecular complexity index is 1260. The quantitative estimate of drug-likeness (QED) is 0.466. The van der Waals surface area contributed by atoms with Crippen LogP contribution in [0.25, 0.3) is 11.1 Å². The van der Waals surface area contributed by atoms with E-state index in [1.807, 2.05) is 0 Å². The first-order valence-electron chi connectivity index (χ1n) is 10.9. The third-order valence-electron chi connectivity index (χ3n) is 6.05. The fourth-order valence-electron chi connectivity index (χ4n) is 4.33. The van der Waals surface area contributed by atoms with E-state index in [1.165, 1.54) is 49.2 Å². The number of rotatable bonds is 8. The molecule has 0 saturated carbocycles. The van der Waals surface area contributed by atoms with Crippen molar-refractivity contribution in [1.82, 2.24) is 9.88 Å². The van der Waals surface area contributed by atoms with Crippen LogP contribution < -0.4 is 15.6 Å². The first kappa shape index (κ1) is 24.4. The number of nitrogens with one attached hydrogen (secondary N) is 1. The number of benzene rings is 2. The zero-order valence-corrected chi connectivity index (χ0v) is 19.6. The van der Waals surface area contributed by atoms with Gasteiger partial charge in [0.2, 0.25) is 0 Å². The molecule has 0 spiro atoms. The number of nitrogens with zero attached hydrogens (tertiary/aromatic N) is 1. The van der Waals surface area contributed by atoms with E-state index >= 15 is 4.39 Å². The minimum absolute atomic E-state index is 0.000894. The molecule has 0 bridgehead atoms. The molecule has 0 radical (unpaired) electrons. The highest BCUT2D eigenvalue weighted by atomic mass is 32.2. The van der Waals surface area contributed by atoms with Crippen molar-refractivity contribution < 1.29 is 23.0 Å². The number of ether oxygens (including phenoxy) is 1. The van der Waals surface area contributed by atoms with Crippen LogP contribution in [0.1, 0.15) is 22.7 Å². The monoisotopic (exact) mass is 490 g/mol. The Balaban J connectivity index is 1.95. The second-order valence-corrected chi connectivity index (χ2v) is 9.06. The molecule has 1 unspecified atom stereocenters. The third kappa shape index (κ3) is 4.35. The largest absolute Gasteiger partial charge is 0.494 e. The number of halogens is 3. The average Bonchev–Trinajstić information content (AvgIpc) is 3.23. The van der Waals surface area contributed by atoms with Gasteiger partial charge in [0.15, 0.2) is 11.6 Å². The Morgan fingerprint density at radius 3 is 2.53 bits per heavy atom. The van der Waals surface area contributed by atoms with Gasteiger partial charge in [-0.1, -0.05) is 18.2 Å². The highest BCUT2D eigenvalue weighted by Crippen LogP contribution is 2.40. The topological polar surface area (TPSA) is 63.5 Å². The molecule has 1 aromatic heterocycles. The fraction of sp³-hybridized carbons (Fsp3) is 0.320. The van der Waals surface area contributed by atoms with Gasteiger partial charge in [-0.2, -0.15) is 0 Å². The number of thioether (sulfide) groups is 1. The van der Waals surface area contributed by atoms with E-state index in [-0.39, 0.29) is 47.1 Å². The highest BCUT2D eigenvalue weighted by molar-refractivity contribution is 7.99. The van der Waals surface area contributed by atoms with Gasteiger partial charge >= 0.3 is 0 Å². The molecular weight excluding hydrogens is 465 g/mol. The standard InChI is InChI=1S/C25H25F3N2O3S/c1-14-17(11-18-19(26)6-4-7-20(18)27)25-30(15(13-34-25)12-29-9-10-31)24(32)22(14)16-5-3-8-21(33-2)23(16)28/h3-8,15,29,31H,9-13H2,1-2H3. The number of aliphatic hydroxyl groups is 1. The van der Waals surface area contributed by atoms with Gasteiger partial charge in [-0.3, -0.25) is 9.36 Å². The van der Waals surface area contributed by atoms with Crippen LogP contribution in [0.2, 0.25) is 0 Å². The summed E-state index contributed by atoms with van der Waals surface area (Å²) in [5, 5.41) is 12.8. The normalized spacial score (nSPS) is 14.9. The van der Waals surface area contributed by atoms with Crippen molar-refractivity contribution in [2.45, 2.75) is 24.4 Å². The third-order valence-corrected chi connectivity index (χ3v) is 7.32. The molecule has 1 aliphatic rings. The van der Waals surface area contributed by atoms with E-state index in [4.69, 9.17) is 9.84 Å². The summed E-state index contributed by atoms with van der Waals surface area (Å²) in [6.45, 7) is 2.41. The van der Waals surface area contributed by atoms with Crippen molar-refractivity contribution in [2.24, 2.45) is 0 Å². The molecule has 0 amide bonds.